The van der Waals surface area contributed by atoms with Gasteiger partial charge in [-0.15, -0.1) is 0 Å². The van der Waals surface area contributed by atoms with Crippen molar-refractivity contribution in [3.63, 3.8) is 0 Å². The van der Waals surface area contributed by atoms with E-state index in [-0.39, 0.29) is 59.4 Å². The van der Waals surface area contributed by atoms with Crippen LogP contribution in [0.15, 0.2) is 71.6 Å². The number of amides is 3. The summed E-state index contributed by atoms with van der Waals surface area (Å²) in [6.07, 6.45) is 1.17. The Kier molecular flexibility index (Phi) is 12.6. The number of sulfonamides is 1. The van der Waals surface area contributed by atoms with Crippen LogP contribution in [-0.4, -0.2) is 49.9 Å². The summed E-state index contributed by atoms with van der Waals surface area (Å²) < 4.78 is 41.6. The summed E-state index contributed by atoms with van der Waals surface area (Å²) in [6.45, 7) is 3.65. The molecule has 0 heterocycles. The second-order valence-electron chi connectivity index (χ2n) is 10.0. The number of hydrogen-bond acceptors (Lipinski definition) is 6. The van der Waals surface area contributed by atoms with Crippen LogP contribution in [0.1, 0.15) is 37.8 Å². The first-order valence-corrected chi connectivity index (χ1v) is 16.3. The number of nitrogens with one attached hydrogen (secondary N) is 2. The fourth-order valence-corrected chi connectivity index (χ4v) is 6.37. The van der Waals surface area contributed by atoms with Gasteiger partial charge in [-0.1, -0.05) is 67.1 Å². The Balaban J connectivity index is 1.73. The van der Waals surface area contributed by atoms with Crippen molar-refractivity contribution >= 4 is 52.0 Å². The average Bonchev–Trinajstić information content (AvgIpc) is 2.95. The quantitative estimate of drug-likeness (QED) is 0.213. The Bertz CT molecular complexity index is 1570. The summed E-state index contributed by atoms with van der Waals surface area (Å²) >= 11 is 10.9. The lowest BCUT2D eigenvalue weighted by molar-refractivity contribution is -0.132. The van der Waals surface area contributed by atoms with Gasteiger partial charge in [-0.3, -0.25) is 14.4 Å². The molecule has 0 aliphatic heterocycles. The van der Waals surface area contributed by atoms with E-state index in [1.165, 1.54) is 12.1 Å². The summed E-state index contributed by atoms with van der Waals surface area (Å²) in [4.78, 5) is 38.7. The lowest BCUT2D eigenvalue weighted by atomic mass is 9.99. The molecule has 3 rings (SSSR count). The molecular formula is C31H35ClFN3O5S2. The van der Waals surface area contributed by atoms with Gasteiger partial charge in [-0.2, -0.15) is 12.6 Å². The Hall–Kier alpha value is -3.41. The van der Waals surface area contributed by atoms with Crippen molar-refractivity contribution in [1.29, 1.82) is 0 Å². The Labute approximate surface area is 262 Å². The summed E-state index contributed by atoms with van der Waals surface area (Å²) in [5.41, 5.74) is 1.91. The highest BCUT2D eigenvalue weighted by Crippen LogP contribution is 2.33. The third-order valence-electron chi connectivity index (χ3n) is 6.66. The standard InChI is InChI=1S/C31H35ClFN3O5S2/c1-3-8-30(38)36(16-15-34-31(39)24(20-42)18-23-9-4-6-11-28(23)33)19-22-13-14-25(27(32)17-22)26-10-5-7-12-29(26)43(40,41)35-21(2)37/h4-7,9-14,17,24,42H,3,8,15-16,18-20H2,1-2H3,(H,34,39)(H,35,37)/t24-/m1/s1. The van der Waals surface area contributed by atoms with E-state index >= 15 is 0 Å². The molecule has 0 aromatic heterocycles. The van der Waals surface area contributed by atoms with Gasteiger partial charge in [0.15, 0.2) is 0 Å². The minimum Gasteiger partial charge on any atom is -0.354 e. The van der Waals surface area contributed by atoms with Gasteiger partial charge >= 0.3 is 0 Å². The van der Waals surface area contributed by atoms with E-state index in [2.05, 4.69) is 17.9 Å². The maximum atomic E-state index is 14.1. The van der Waals surface area contributed by atoms with Gasteiger partial charge in [-0.25, -0.2) is 17.5 Å². The second kappa shape index (κ2) is 15.9. The molecule has 0 spiro atoms. The third-order valence-corrected chi connectivity index (χ3v) is 8.91. The molecule has 12 heteroatoms. The van der Waals surface area contributed by atoms with Crippen molar-refractivity contribution in [3.05, 3.63) is 88.7 Å². The van der Waals surface area contributed by atoms with E-state index in [0.717, 1.165) is 6.92 Å². The van der Waals surface area contributed by atoms with Crippen LogP contribution in [0.3, 0.4) is 0 Å². The third kappa shape index (κ3) is 9.54. The lowest BCUT2D eigenvalue weighted by Gasteiger charge is -2.24. The molecule has 0 unspecified atom stereocenters. The fraction of sp³-hybridized carbons (Fsp3) is 0.323. The highest BCUT2D eigenvalue weighted by atomic mass is 35.5. The van der Waals surface area contributed by atoms with Crippen LogP contribution in [0, 0.1) is 11.7 Å². The zero-order valence-corrected chi connectivity index (χ0v) is 26.4. The minimum absolute atomic E-state index is 0.0927. The van der Waals surface area contributed by atoms with Crippen molar-refractivity contribution in [2.24, 2.45) is 5.92 Å². The van der Waals surface area contributed by atoms with E-state index in [1.807, 2.05) is 11.6 Å². The van der Waals surface area contributed by atoms with E-state index < -0.39 is 21.8 Å². The molecule has 3 aromatic carbocycles. The van der Waals surface area contributed by atoms with Crippen LogP contribution in [0.4, 0.5) is 4.39 Å². The van der Waals surface area contributed by atoms with Crippen molar-refractivity contribution < 1.29 is 27.2 Å². The summed E-state index contributed by atoms with van der Waals surface area (Å²) in [5.74, 6) is -1.76. The van der Waals surface area contributed by atoms with Gasteiger partial charge in [-0.05, 0) is 42.2 Å². The number of nitrogens with zero attached hydrogens (tertiary/aromatic N) is 1. The first kappa shape index (κ1) is 34.1. The van der Waals surface area contributed by atoms with Crippen LogP contribution < -0.4 is 10.0 Å². The molecule has 8 nitrogen and oxygen atoms in total. The van der Waals surface area contributed by atoms with Gasteiger partial charge in [0.05, 0.1) is 10.8 Å². The number of hydrogen-bond donors (Lipinski definition) is 3. The van der Waals surface area contributed by atoms with Crippen LogP contribution in [-0.2, 0) is 37.4 Å². The fourth-order valence-electron chi connectivity index (χ4n) is 4.56. The largest absolute Gasteiger partial charge is 0.354 e. The van der Waals surface area contributed by atoms with E-state index in [9.17, 15) is 27.2 Å². The first-order valence-electron chi connectivity index (χ1n) is 13.8. The number of benzene rings is 3. The Morgan fingerprint density at radius 2 is 1.72 bits per heavy atom. The zero-order valence-electron chi connectivity index (χ0n) is 24.0. The molecule has 0 bridgehead atoms. The maximum Gasteiger partial charge on any atom is 0.264 e. The molecule has 2 N–H and O–H groups in total. The SMILES string of the molecule is CCCC(=O)N(CCNC(=O)[C@@H](CS)Cc1ccccc1F)Cc1ccc(-c2ccccc2S(=O)(=O)NC(C)=O)c(Cl)c1. The number of carbonyl (C=O) groups excluding carboxylic acids is 3. The van der Waals surface area contributed by atoms with Gasteiger partial charge in [0.25, 0.3) is 10.0 Å². The molecule has 43 heavy (non-hydrogen) atoms. The smallest absolute Gasteiger partial charge is 0.264 e. The monoisotopic (exact) mass is 647 g/mol. The highest BCUT2D eigenvalue weighted by Gasteiger charge is 2.23. The molecule has 0 radical (unpaired) electrons. The highest BCUT2D eigenvalue weighted by molar-refractivity contribution is 7.90. The van der Waals surface area contributed by atoms with Crippen molar-refractivity contribution in [2.75, 3.05) is 18.8 Å². The van der Waals surface area contributed by atoms with E-state index in [4.69, 9.17) is 11.6 Å². The van der Waals surface area contributed by atoms with Gasteiger partial charge in [0, 0.05) is 54.9 Å². The molecule has 3 aromatic rings. The summed E-state index contributed by atoms with van der Waals surface area (Å²) in [5, 5.41) is 3.11. The number of carbonyl (C=O) groups is 3. The van der Waals surface area contributed by atoms with Crippen LogP contribution in [0.25, 0.3) is 11.1 Å². The Morgan fingerprint density at radius 3 is 2.37 bits per heavy atom. The predicted molar refractivity (Wildman–Crippen MR) is 169 cm³/mol. The summed E-state index contributed by atoms with van der Waals surface area (Å²) in [7, 11) is -4.12. The lowest BCUT2D eigenvalue weighted by Crippen LogP contribution is -2.40. The topological polar surface area (TPSA) is 113 Å². The predicted octanol–water partition coefficient (Wildman–Crippen LogP) is 5.00. The normalized spacial score (nSPS) is 11.9. The second-order valence-corrected chi connectivity index (χ2v) is 12.4. The number of thiol groups is 1. The van der Waals surface area contributed by atoms with Gasteiger partial charge < -0.3 is 10.2 Å². The molecule has 1 atom stereocenters. The molecule has 0 saturated heterocycles. The van der Waals surface area contributed by atoms with Crippen LogP contribution in [0.5, 0.6) is 0 Å². The van der Waals surface area contributed by atoms with Crippen molar-refractivity contribution in [3.8, 4) is 11.1 Å². The molecular weight excluding hydrogens is 613 g/mol. The number of halogens is 2. The van der Waals surface area contributed by atoms with E-state index in [1.54, 1.807) is 59.5 Å². The molecule has 230 valence electrons. The maximum absolute atomic E-state index is 14.1. The molecule has 0 aliphatic rings. The van der Waals surface area contributed by atoms with Crippen LogP contribution in [0.2, 0.25) is 5.02 Å². The molecule has 0 aliphatic carbocycles. The van der Waals surface area contributed by atoms with Crippen LogP contribution >= 0.6 is 24.2 Å². The Morgan fingerprint density at radius 1 is 1.02 bits per heavy atom. The van der Waals surface area contributed by atoms with E-state index in [0.29, 0.717) is 35.1 Å². The van der Waals surface area contributed by atoms with Crippen molar-refractivity contribution in [1.82, 2.24) is 14.9 Å². The summed E-state index contributed by atoms with van der Waals surface area (Å²) in [6, 6.07) is 17.6. The van der Waals surface area contributed by atoms with Gasteiger partial charge in [0.2, 0.25) is 17.7 Å². The van der Waals surface area contributed by atoms with Crippen molar-refractivity contribution in [2.45, 2.75) is 44.6 Å². The molecule has 0 saturated carbocycles. The number of rotatable bonds is 14. The zero-order chi connectivity index (χ0) is 31.6. The molecule has 3 amide bonds. The molecule has 0 fully saturated rings. The minimum atomic E-state index is -4.12. The van der Waals surface area contributed by atoms with Gasteiger partial charge in [0.1, 0.15) is 5.82 Å². The average molecular weight is 648 g/mol. The first-order chi connectivity index (χ1) is 20.5.